The van der Waals surface area contributed by atoms with Gasteiger partial charge in [-0.3, -0.25) is 23.6 Å². The van der Waals surface area contributed by atoms with Crippen LogP contribution >= 0.6 is 34.8 Å². The molecular weight excluding hydrogens is 589 g/mol. The highest BCUT2D eigenvalue weighted by molar-refractivity contribution is 6.43. The van der Waals surface area contributed by atoms with Crippen LogP contribution in [0.15, 0.2) is 70.5 Å². The highest BCUT2D eigenvalue weighted by atomic mass is 35.5. The minimum absolute atomic E-state index is 0.0105. The number of carbonyl (C=O) groups is 1. The van der Waals surface area contributed by atoms with Crippen molar-refractivity contribution in [1.29, 1.82) is 0 Å². The van der Waals surface area contributed by atoms with Crippen LogP contribution in [0.2, 0.25) is 15.1 Å². The highest BCUT2D eigenvalue weighted by Gasteiger charge is 2.32. The van der Waals surface area contributed by atoms with Gasteiger partial charge in [0.15, 0.2) is 0 Å². The Labute approximate surface area is 251 Å². The molecule has 0 saturated carbocycles. The molecule has 2 atom stereocenters. The third kappa shape index (κ3) is 6.41. The molecule has 1 aliphatic rings. The number of benzene rings is 2. The lowest BCUT2D eigenvalue weighted by Gasteiger charge is -2.44. The molecule has 1 aliphatic heterocycles. The van der Waals surface area contributed by atoms with E-state index >= 15 is 0 Å². The minimum Gasteiger partial charge on any atom is -0.338 e. The summed E-state index contributed by atoms with van der Waals surface area (Å²) < 4.78 is 3.99. The van der Waals surface area contributed by atoms with E-state index in [0.29, 0.717) is 46.9 Å². The molecule has 4 aromatic rings. The van der Waals surface area contributed by atoms with Gasteiger partial charge in [0.2, 0.25) is 5.91 Å². The Morgan fingerprint density at radius 2 is 1.61 bits per heavy atom. The number of rotatable bonds is 7. The quantitative estimate of drug-likeness (QED) is 0.294. The van der Waals surface area contributed by atoms with E-state index in [0.717, 1.165) is 15.8 Å². The normalized spacial score (nSPS) is 17.6. The van der Waals surface area contributed by atoms with Crippen LogP contribution in [-0.4, -0.2) is 65.0 Å². The van der Waals surface area contributed by atoms with Crippen molar-refractivity contribution in [2.24, 2.45) is 0 Å². The van der Waals surface area contributed by atoms with Crippen LogP contribution in [0.4, 0.5) is 0 Å². The van der Waals surface area contributed by atoms with Gasteiger partial charge in [-0.1, -0.05) is 70.3 Å². The zero-order valence-corrected chi connectivity index (χ0v) is 24.7. The number of piperazine rings is 1. The van der Waals surface area contributed by atoms with Crippen molar-refractivity contribution in [3.63, 3.8) is 0 Å². The molecule has 10 nitrogen and oxygen atoms in total. The van der Waals surface area contributed by atoms with Crippen LogP contribution in [0.5, 0.6) is 0 Å². The van der Waals surface area contributed by atoms with E-state index in [9.17, 15) is 14.4 Å². The predicted molar refractivity (Wildman–Crippen MR) is 158 cm³/mol. The van der Waals surface area contributed by atoms with Crippen molar-refractivity contribution in [2.45, 2.75) is 45.6 Å². The monoisotopic (exact) mass is 615 g/mol. The van der Waals surface area contributed by atoms with Crippen LogP contribution in [0.3, 0.4) is 0 Å². The first kappa shape index (κ1) is 29.1. The lowest BCUT2D eigenvalue weighted by molar-refractivity contribution is -0.136. The zero-order valence-electron chi connectivity index (χ0n) is 22.5. The zero-order chi connectivity index (χ0) is 29.3. The molecule has 214 valence electrons. The van der Waals surface area contributed by atoms with Crippen LogP contribution in [0.25, 0.3) is 5.69 Å². The van der Waals surface area contributed by atoms with Gasteiger partial charge in [-0.25, -0.2) is 9.48 Å². The van der Waals surface area contributed by atoms with Gasteiger partial charge in [-0.05, 0) is 31.5 Å². The van der Waals surface area contributed by atoms with Crippen LogP contribution in [0, 0.1) is 0 Å². The molecule has 2 aromatic heterocycles. The van der Waals surface area contributed by atoms with E-state index in [4.69, 9.17) is 34.8 Å². The second-order valence-corrected chi connectivity index (χ2v) is 11.4. The number of nitrogens with zero attached hydrogens (tertiary/aromatic N) is 7. The van der Waals surface area contributed by atoms with Gasteiger partial charge in [-0.2, -0.15) is 0 Å². The lowest BCUT2D eigenvalue weighted by Crippen LogP contribution is -2.58. The van der Waals surface area contributed by atoms with E-state index in [1.54, 1.807) is 27.9 Å². The maximum atomic E-state index is 13.3. The summed E-state index contributed by atoms with van der Waals surface area (Å²) in [5.74, 6) is -0.278. The summed E-state index contributed by atoms with van der Waals surface area (Å²) in [6, 6.07) is 14.0. The van der Waals surface area contributed by atoms with Crippen molar-refractivity contribution in [1.82, 2.24) is 33.9 Å². The molecule has 1 amide bonds. The Balaban J connectivity index is 1.25. The van der Waals surface area contributed by atoms with Gasteiger partial charge >= 0.3 is 5.69 Å². The molecule has 1 fully saturated rings. The van der Waals surface area contributed by atoms with Gasteiger partial charge in [-0.15, -0.1) is 5.10 Å². The Bertz CT molecular complexity index is 1670. The molecule has 13 heteroatoms. The number of hydrogen-bond donors (Lipinski definition) is 0. The third-order valence-corrected chi connectivity index (χ3v) is 8.23. The van der Waals surface area contributed by atoms with E-state index < -0.39 is 11.2 Å². The SMILES string of the molecule is C[C@@H]1CN(C(=O)Cn2c(=O)ccn(Cc3ccccc3)c2=O)C[C@H](C)N1Cc1cn(-c2cc(Cl)c(Cl)cc2Cl)nn1. The van der Waals surface area contributed by atoms with Gasteiger partial charge in [0.05, 0.1) is 39.2 Å². The third-order valence-electron chi connectivity index (χ3n) is 7.21. The molecule has 0 aliphatic carbocycles. The minimum atomic E-state index is -0.514. The average Bonchev–Trinajstić information content (AvgIpc) is 3.41. The molecule has 0 spiro atoms. The first-order valence-corrected chi connectivity index (χ1v) is 14.2. The Hall–Kier alpha value is -3.44. The fraction of sp³-hybridized carbons (Fsp3) is 0.321. The molecule has 1 saturated heterocycles. The maximum Gasteiger partial charge on any atom is 0.331 e. The fourth-order valence-electron chi connectivity index (χ4n) is 5.07. The molecular formula is C28H28Cl3N7O3. The predicted octanol–water partition coefficient (Wildman–Crippen LogP) is 3.72. The van der Waals surface area contributed by atoms with Crippen LogP contribution in [-0.2, 0) is 24.4 Å². The second-order valence-electron chi connectivity index (χ2n) is 10.2. The fourth-order valence-corrected chi connectivity index (χ4v) is 5.70. The van der Waals surface area contributed by atoms with E-state index in [1.807, 2.05) is 44.2 Å². The average molecular weight is 617 g/mol. The topological polar surface area (TPSA) is 98.3 Å². The van der Waals surface area contributed by atoms with Crippen LogP contribution < -0.4 is 11.2 Å². The smallest absolute Gasteiger partial charge is 0.331 e. The Morgan fingerprint density at radius 1 is 0.927 bits per heavy atom. The molecule has 41 heavy (non-hydrogen) atoms. The summed E-state index contributed by atoms with van der Waals surface area (Å²) in [5.41, 5.74) is 1.19. The lowest BCUT2D eigenvalue weighted by atomic mass is 10.1. The standard InChI is InChI=1S/C28H28Cl3N7O3/c1-18-12-35(27(40)17-37-26(39)8-9-34(28(37)41)14-20-6-4-3-5-7-20)13-19(2)36(18)15-21-16-38(33-32-21)25-11-23(30)22(29)10-24(25)31/h3-11,16,18-19H,12-15,17H2,1-2H3/t18-,19+. The molecule has 0 unspecified atom stereocenters. The van der Waals surface area contributed by atoms with Gasteiger partial charge < -0.3 is 4.90 Å². The van der Waals surface area contributed by atoms with Gasteiger partial charge in [0.25, 0.3) is 5.56 Å². The molecule has 2 aromatic carbocycles. The molecule has 0 N–H and O–H groups in total. The van der Waals surface area contributed by atoms with Gasteiger partial charge in [0, 0.05) is 44.0 Å². The largest absolute Gasteiger partial charge is 0.338 e. The molecule has 3 heterocycles. The first-order chi connectivity index (χ1) is 19.6. The maximum absolute atomic E-state index is 13.3. The second kappa shape index (κ2) is 12.2. The molecule has 5 rings (SSSR count). The Kier molecular flexibility index (Phi) is 8.65. The van der Waals surface area contributed by atoms with Crippen molar-refractivity contribution >= 4 is 40.7 Å². The van der Waals surface area contributed by atoms with Crippen molar-refractivity contribution in [3.8, 4) is 5.69 Å². The number of halogens is 3. The van der Waals surface area contributed by atoms with E-state index in [-0.39, 0.29) is 24.5 Å². The molecule has 0 bridgehead atoms. The van der Waals surface area contributed by atoms with Crippen molar-refractivity contribution < 1.29 is 4.79 Å². The number of hydrogen-bond acceptors (Lipinski definition) is 6. The first-order valence-electron chi connectivity index (χ1n) is 13.0. The summed E-state index contributed by atoms with van der Waals surface area (Å²) in [7, 11) is 0. The van der Waals surface area contributed by atoms with E-state index in [1.165, 1.54) is 16.8 Å². The van der Waals surface area contributed by atoms with E-state index in [2.05, 4.69) is 15.2 Å². The Morgan fingerprint density at radius 3 is 2.32 bits per heavy atom. The summed E-state index contributed by atoms with van der Waals surface area (Å²) in [6.07, 6.45) is 3.25. The number of amides is 1. The number of aromatic nitrogens is 5. The summed E-state index contributed by atoms with van der Waals surface area (Å²) in [6.45, 7) is 5.43. The summed E-state index contributed by atoms with van der Waals surface area (Å²) in [5, 5.41) is 9.61. The van der Waals surface area contributed by atoms with Gasteiger partial charge in [0.1, 0.15) is 6.54 Å². The summed E-state index contributed by atoms with van der Waals surface area (Å²) in [4.78, 5) is 42.8. The van der Waals surface area contributed by atoms with Crippen LogP contribution in [0.1, 0.15) is 25.1 Å². The highest BCUT2D eigenvalue weighted by Crippen LogP contribution is 2.31. The number of carbonyl (C=O) groups excluding carboxylic acids is 1. The van der Waals surface area contributed by atoms with Crippen molar-refractivity contribution in [3.05, 3.63) is 108 Å². The summed E-state index contributed by atoms with van der Waals surface area (Å²) >= 11 is 18.5. The molecule has 0 radical (unpaired) electrons. The van der Waals surface area contributed by atoms with Crippen molar-refractivity contribution in [2.75, 3.05) is 13.1 Å².